The number of carbonyl (C=O) groups is 2. The molecule has 0 aliphatic carbocycles. The van der Waals surface area contributed by atoms with Gasteiger partial charge in [0.1, 0.15) is 6.04 Å². The Bertz CT molecular complexity index is 370. The van der Waals surface area contributed by atoms with Crippen LogP contribution in [0.3, 0.4) is 0 Å². The molecule has 0 radical (unpaired) electrons. The zero-order chi connectivity index (χ0) is 14.0. The molecular weight excluding hydrogens is 248 g/mol. The number of nitrogens with zero attached hydrogens (tertiary/aromatic N) is 2. The van der Waals surface area contributed by atoms with Gasteiger partial charge in [-0.25, -0.2) is 9.59 Å². The zero-order valence-electron chi connectivity index (χ0n) is 11.6. The number of carbonyl (C=O) groups excluding carboxylic acids is 1. The highest BCUT2D eigenvalue weighted by atomic mass is 16.5. The Morgan fingerprint density at radius 2 is 2.00 bits per heavy atom. The van der Waals surface area contributed by atoms with Gasteiger partial charge in [0.05, 0.1) is 18.8 Å². The lowest BCUT2D eigenvalue weighted by atomic mass is 10.0. The van der Waals surface area contributed by atoms with E-state index < -0.39 is 12.0 Å². The smallest absolute Gasteiger partial charge is 0.326 e. The number of carboxylic acids is 1. The summed E-state index contributed by atoms with van der Waals surface area (Å²) in [6, 6.07) is -0.847. The average Bonchev–Trinajstić information content (AvgIpc) is 2.37. The van der Waals surface area contributed by atoms with Crippen molar-refractivity contribution in [2.24, 2.45) is 0 Å². The van der Waals surface area contributed by atoms with Crippen LogP contribution in [-0.2, 0) is 9.53 Å². The second-order valence-electron chi connectivity index (χ2n) is 5.84. The number of hydrogen-bond acceptors (Lipinski definition) is 3. The van der Waals surface area contributed by atoms with Crippen LogP contribution in [-0.4, -0.2) is 64.8 Å². The van der Waals surface area contributed by atoms with E-state index in [9.17, 15) is 14.7 Å². The molecular formula is C13H22N2O4. The van der Waals surface area contributed by atoms with E-state index in [1.165, 1.54) is 4.90 Å². The fraction of sp³-hybridized carbons (Fsp3) is 0.846. The molecule has 1 N–H and O–H groups in total. The Labute approximate surface area is 113 Å². The van der Waals surface area contributed by atoms with E-state index in [1.54, 1.807) is 4.90 Å². The summed E-state index contributed by atoms with van der Waals surface area (Å²) in [5, 5.41) is 9.25. The molecule has 6 nitrogen and oxygen atoms in total. The first-order valence-corrected chi connectivity index (χ1v) is 6.82. The molecule has 2 aliphatic rings. The fourth-order valence-corrected chi connectivity index (χ4v) is 2.79. The quantitative estimate of drug-likeness (QED) is 0.776. The van der Waals surface area contributed by atoms with E-state index in [0.29, 0.717) is 32.7 Å². The van der Waals surface area contributed by atoms with Crippen molar-refractivity contribution in [3.63, 3.8) is 0 Å². The van der Waals surface area contributed by atoms with Crippen molar-refractivity contribution >= 4 is 12.0 Å². The van der Waals surface area contributed by atoms with Crippen LogP contribution in [0.25, 0.3) is 0 Å². The molecule has 0 aromatic heterocycles. The highest BCUT2D eigenvalue weighted by molar-refractivity contribution is 5.83. The summed E-state index contributed by atoms with van der Waals surface area (Å²) in [6.07, 6.45) is 2.29. The Morgan fingerprint density at radius 1 is 1.26 bits per heavy atom. The van der Waals surface area contributed by atoms with E-state index in [2.05, 4.69) is 0 Å². The third-order valence-corrected chi connectivity index (χ3v) is 3.91. The highest BCUT2D eigenvalue weighted by Gasteiger charge is 2.40. The molecule has 19 heavy (non-hydrogen) atoms. The Morgan fingerprint density at radius 3 is 2.63 bits per heavy atom. The maximum Gasteiger partial charge on any atom is 0.326 e. The topological polar surface area (TPSA) is 70.1 Å². The molecule has 2 amide bonds. The molecule has 2 heterocycles. The van der Waals surface area contributed by atoms with Gasteiger partial charge in [0.15, 0.2) is 0 Å². The first-order chi connectivity index (χ1) is 8.93. The zero-order valence-corrected chi connectivity index (χ0v) is 11.6. The highest BCUT2D eigenvalue weighted by Crippen LogP contribution is 2.25. The summed E-state index contributed by atoms with van der Waals surface area (Å²) < 4.78 is 5.40. The predicted octanol–water partition coefficient (Wildman–Crippen LogP) is 1.16. The molecule has 108 valence electrons. The summed E-state index contributed by atoms with van der Waals surface area (Å²) in [7, 11) is 0. The molecule has 0 aromatic rings. The van der Waals surface area contributed by atoms with E-state index in [1.807, 2.05) is 13.8 Å². The largest absolute Gasteiger partial charge is 0.480 e. The fourth-order valence-electron chi connectivity index (χ4n) is 2.79. The second kappa shape index (κ2) is 5.36. The van der Waals surface area contributed by atoms with Gasteiger partial charge >= 0.3 is 12.0 Å². The van der Waals surface area contributed by atoms with Crippen LogP contribution < -0.4 is 0 Å². The van der Waals surface area contributed by atoms with E-state index in [4.69, 9.17) is 4.74 Å². The van der Waals surface area contributed by atoms with E-state index in [-0.39, 0.29) is 11.6 Å². The van der Waals surface area contributed by atoms with Gasteiger partial charge in [-0.3, -0.25) is 0 Å². The van der Waals surface area contributed by atoms with Crippen LogP contribution in [0, 0.1) is 0 Å². The van der Waals surface area contributed by atoms with Crippen molar-refractivity contribution in [1.82, 2.24) is 9.80 Å². The van der Waals surface area contributed by atoms with Gasteiger partial charge in [-0.15, -0.1) is 0 Å². The molecule has 2 aliphatic heterocycles. The summed E-state index contributed by atoms with van der Waals surface area (Å²) in [5.74, 6) is -0.904. The Hall–Kier alpha value is -1.30. The SMILES string of the molecule is CC1(C)COCCN1C(=O)N1CCCCC1C(=O)O. The molecule has 0 aromatic carbocycles. The summed E-state index contributed by atoms with van der Waals surface area (Å²) in [6.45, 7) is 5.95. The molecule has 1 atom stereocenters. The number of piperidine rings is 1. The standard InChI is InChI=1S/C13H22N2O4/c1-13(2)9-19-8-7-15(13)12(18)14-6-4-3-5-10(14)11(16)17/h10H,3-9H2,1-2H3,(H,16,17). The first kappa shape index (κ1) is 14.1. The molecule has 0 spiro atoms. The maximum atomic E-state index is 12.6. The molecule has 1 unspecified atom stereocenters. The number of urea groups is 1. The van der Waals surface area contributed by atoms with Crippen LogP contribution in [0.4, 0.5) is 4.79 Å². The monoisotopic (exact) mass is 270 g/mol. The van der Waals surface area contributed by atoms with Gasteiger partial charge in [-0.05, 0) is 33.1 Å². The second-order valence-corrected chi connectivity index (χ2v) is 5.84. The van der Waals surface area contributed by atoms with Crippen molar-refractivity contribution in [3.8, 4) is 0 Å². The number of aliphatic carboxylic acids is 1. The number of carboxylic acid groups (broad SMARTS) is 1. The molecule has 0 saturated carbocycles. The predicted molar refractivity (Wildman–Crippen MR) is 69.0 cm³/mol. The van der Waals surface area contributed by atoms with Crippen LogP contribution >= 0.6 is 0 Å². The lowest BCUT2D eigenvalue weighted by Gasteiger charge is -2.46. The minimum absolute atomic E-state index is 0.166. The van der Waals surface area contributed by atoms with Gasteiger partial charge in [0.2, 0.25) is 0 Å². The summed E-state index contributed by atoms with van der Waals surface area (Å²) in [4.78, 5) is 27.2. The van der Waals surface area contributed by atoms with Gasteiger partial charge in [-0.2, -0.15) is 0 Å². The molecule has 6 heteroatoms. The van der Waals surface area contributed by atoms with Gasteiger partial charge in [0, 0.05) is 13.1 Å². The minimum atomic E-state index is -0.904. The van der Waals surface area contributed by atoms with Gasteiger partial charge in [-0.1, -0.05) is 0 Å². The molecule has 2 fully saturated rings. The van der Waals surface area contributed by atoms with Crippen molar-refractivity contribution in [2.45, 2.75) is 44.7 Å². The molecule has 0 bridgehead atoms. The Kier molecular flexibility index (Phi) is 3.99. The van der Waals surface area contributed by atoms with Crippen molar-refractivity contribution in [3.05, 3.63) is 0 Å². The van der Waals surface area contributed by atoms with Crippen molar-refractivity contribution in [1.29, 1.82) is 0 Å². The minimum Gasteiger partial charge on any atom is -0.480 e. The van der Waals surface area contributed by atoms with Crippen LogP contribution in [0.15, 0.2) is 0 Å². The number of likely N-dealkylation sites (tertiary alicyclic amines) is 1. The van der Waals surface area contributed by atoms with E-state index in [0.717, 1.165) is 12.8 Å². The Balaban J connectivity index is 2.14. The average molecular weight is 270 g/mol. The molecule has 2 saturated heterocycles. The van der Waals surface area contributed by atoms with Crippen molar-refractivity contribution in [2.75, 3.05) is 26.3 Å². The molecule has 2 rings (SSSR count). The lowest BCUT2D eigenvalue weighted by molar-refractivity contribution is -0.143. The number of ether oxygens (including phenoxy) is 1. The normalized spacial score (nSPS) is 27.2. The number of amides is 2. The third kappa shape index (κ3) is 2.83. The van der Waals surface area contributed by atoms with Crippen molar-refractivity contribution < 1.29 is 19.4 Å². The number of hydrogen-bond donors (Lipinski definition) is 1. The summed E-state index contributed by atoms with van der Waals surface area (Å²) in [5.41, 5.74) is -0.379. The third-order valence-electron chi connectivity index (χ3n) is 3.91. The maximum absolute atomic E-state index is 12.6. The van der Waals surface area contributed by atoms with Crippen LogP contribution in [0.1, 0.15) is 33.1 Å². The van der Waals surface area contributed by atoms with Gasteiger partial charge < -0.3 is 19.6 Å². The van der Waals surface area contributed by atoms with E-state index >= 15 is 0 Å². The first-order valence-electron chi connectivity index (χ1n) is 6.82. The summed E-state index contributed by atoms with van der Waals surface area (Å²) >= 11 is 0. The lowest BCUT2D eigenvalue weighted by Crippen LogP contribution is -2.62. The van der Waals surface area contributed by atoms with Gasteiger partial charge in [0.25, 0.3) is 0 Å². The number of morpholine rings is 1. The number of rotatable bonds is 1. The van der Waals surface area contributed by atoms with Crippen LogP contribution in [0.2, 0.25) is 0 Å². The van der Waals surface area contributed by atoms with Crippen LogP contribution in [0.5, 0.6) is 0 Å².